The summed E-state index contributed by atoms with van der Waals surface area (Å²) in [5, 5.41) is 8.44. The Morgan fingerprint density at radius 3 is 2.62 bits per heavy atom. The Labute approximate surface area is 77.5 Å². The molecule has 13 heavy (non-hydrogen) atoms. The van der Waals surface area contributed by atoms with Gasteiger partial charge < -0.3 is 14.7 Å². The van der Waals surface area contributed by atoms with Gasteiger partial charge in [-0.2, -0.15) is 0 Å². The van der Waals surface area contributed by atoms with Crippen molar-refractivity contribution in [1.29, 1.82) is 0 Å². The quantitative estimate of drug-likeness (QED) is 0.679. The van der Waals surface area contributed by atoms with E-state index in [1.807, 2.05) is 0 Å². The van der Waals surface area contributed by atoms with Crippen LogP contribution in [0.1, 0.15) is 12.8 Å². The molecule has 4 heteroatoms. The van der Waals surface area contributed by atoms with Gasteiger partial charge >= 0.3 is 5.97 Å². The molecule has 0 aromatic carbocycles. The van der Waals surface area contributed by atoms with Gasteiger partial charge in [-0.25, -0.2) is 0 Å². The highest BCUT2D eigenvalue weighted by molar-refractivity contribution is 5.66. The minimum Gasteiger partial charge on any atom is -0.481 e. The van der Waals surface area contributed by atoms with Gasteiger partial charge in [0.05, 0.1) is 13.2 Å². The second-order valence-corrected chi connectivity index (χ2v) is 4.20. The van der Waals surface area contributed by atoms with Crippen molar-refractivity contribution in [2.75, 3.05) is 32.8 Å². The van der Waals surface area contributed by atoms with E-state index in [-0.39, 0.29) is 0 Å². The lowest BCUT2D eigenvalue weighted by Gasteiger charge is -2.55. The molecular weight excluding hydrogens is 170 g/mol. The summed E-state index contributed by atoms with van der Waals surface area (Å²) in [4.78, 5) is 12.6. The first-order chi connectivity index (χ1) is 6.20. The summed E-state index contributed by atoms with van der Waals surface area (Å²) in [7, 11) is 0. The second-order valence-electron chi connectivity index (χ2n) is 4.20. The summed E-state index contributed by atoms with van der Waals surface area (Å²) in [5.41, 5.74) is 0.462. The fourth-order valence-corrected chi connectivity index (χ4v) is 2.09. The zero-order valence-electron chi connectivity index (χ0n) is 7.66. The Kier molecular flexibility index (Phi) is 2.26. The van der Waals surface area contributed by atoms with E-state index in [0.717, 1.165) is 39.3 Å². The Hall–Kier alpha value is -0.610. The minimum absolute atomic E-state index is 0.292. The standard InChI is InChI=1S/C9H15NO3/c11-8(12)2-1-3-10-4-9(5-10)6-13-7-9/h1-7H2,(H,11,12). The Bertz CT molecular complexity index is 205. The van der Waals surface area contributed by atoms with Crippen LogP contribution in [0.15, 0.2) is 0 Å². The monoisotopic (exact) mass is 185 g/mol. The van der Waals surface area contributed by atoms with Crippen molar-refractivity contribution in [3.8, 4) is 0 Å². The maximum absolute atomic E-state index is 10.2. The fraction of sp³-hybridized carbons (Fsp3) is 0.889. The van der Waals surface area contributed by atoms with Crippen molar-refractivity contribution in [3.05, 3.63) is 0 Å². The van der Waals surface area contributed by atoms with Gasteiger partial charge in [0.15, 0.2) is 0 Å². The van der Waals surface area contributed by atoms with Gasteiger partial charge in [0.2, 0.25) is 0 Å². The zero-order valence-corrected chi connectivity index (χ0v) is 7.66. The summed E-state index contributed by atoms with van der Waals surface area (Å²) in [5.74, 6) is -0.692. The van der Waals surface area contributed by atoms with Gasteiger partial charge in [-0.1, -0.05) is 0 Å². The van der Waals surface area contributed by atoms with Crippen molar-refractivity contribution < 1.29 is 14.6 Å². The van der Waals surface area contributed by atoms with Gasteiger partial charge in [-0.3, -0.25) is 4.79 Å². The maximum atomic E-state index is 10.2. The molecule has 4 nitrogen and oxygen atoms in total. The molecule has 0 unspecified atom stereocenters. The molecule has 1 N–H and O–H groups in total. The minimum atomic E-state index is -0.692. The van der Waals surface area contributed by atoms with E-state index in [2.05, 4.69) is 4.90 Å². The average molecular weight is 185 g/mol. The number of ether oxygens (including phenoxy) is 1. The topological polar surface area (TPSA) is 49.8 Å². The number of aliphatic carboxylic acids is 1. The Morgan fingerprint density at radius 2 is 2.15 bits per heavy atom. The average Bonchev–Trinajstić information content (AvgIpc) is 1.89. The fourth-order valence-electron chi connectivity index (χ4n) is 2.09. The summed E-state index contributed by atoms with van der Waals surface area (Å²) in [6, 6.07) is 0. The molecule has 0 aliphatic carbocycles. The van der Waals surface area contributed by atoms with Gasteiger partial charge in [0.25, 0.3) is 0 Å². The van der Waals surface area contributed by atoms with Crippen LogP contribution < -0.4 is 0 Å². The lowest BCUT2D eigenvalue weighted by atomic mass is 9.78. The van der Waals surface area contributed by atoms with Crippen molar-refractivity contribution in [2.45, 2.75) is 12.8 Å². The molecule has 2 fully saturated rings. The lowest BCUT2D eigenvalue weighted by molar-refractivity contribution is -0.188. The third-order valence-corrected chi connectivity index (χ3v) is 2.80. The van der Waals surface area contributed by atoms with E-state index in [4.69, 9.17) is 9.84 Å². The molecule has 0 saturated carbocycles. The van der Waals surface area contributed by atoms with Crippen LogP contribution in [0.5, 0.6) is 0 Å². The van der Waals surface area contributed by atoms with Gasteiger partial charge in [0.1, 0.15) is 0 Å². The molecule has 2 aliphatic rings. The van der Waals surface area contributed by atoms with E-state index in [9.17, 15) is 4.79 Å². The molecule has 2 aliphatic heterocycles. The van der Waals surface area contributed by atoms with E-state index < -0.39 is 5.97 Å². The Balaban J connectivity index is 1.56. The number of carbonyl (C=O) groups is 1. The molecular formula is C9H15NO3. The number of hydrogen-bond acceptors (Lipinski definition) is 3. The molecule has 74 valence electrons. The molecule has 0 aromatic heterocycles. The van der Waals surface area contributed by atoms with Gasteiger partial charge in [-0.15, -0.1) is 0 Å². The Morgan fingerprint density at radius 1 is 1.46 bits per heavy atom. The van der Waals surface area contributed by atoms with Crippen LogP contribution >= 0.6 is 0 Å². The van der Waals surface area contributed by atoms with E-state index in [1.54, 1.807) is 0 Å². The van der Waals surface area contributed by atoms with Crippen LogP contribution in [0.4, 0.5) is 0 Å². The van der Waals surface area contributed by atoms with Crippen molar-refractivity contribution in [3.63, 3.8) is 0 Å². The smallest absolute Gasteiger partial charge is 0.303 e. The second kappa shape index (κ2) is 3.27. The SMILES string of the molecule is O=C(O)CCCN1CC2(COC2)C1. The zero-order chi connectivity index (χ0) is 9.31. The molecule has 2 heterocycles. The van der Waals surface area contributed by atoms with Crippen LogP contribution in [-0.4, -0.2) is 48.8 Å². The number of likely N-dealkylation sites (tertiary alicyclic amines) is 1. The van der Waals surface area contributed by atoms with E-state index in [1.165, 1.54) is 0 Å². The maximum Gasteiger partial charge on any atom is 0.303 e. The molecule has 2 saturated heterocycles. The molecule has 0 atom stereocenters. The number of nitrogens with zero attached hydrogens (tertiary/aromatic N) is 1. The largest absolute Gasteiger partial charge is 0.481 e. The van der Waals surface area contributed by atoms with E-state index in [0.29, 0.717) is 11.8 Å². The summed E-state index contributed by atoms with van der Waals surface area (Å²) in [6.45, 7) is 4.94. The van der Waals surface area contributed by atoms with Crippen molar-refractivity contribution >= 4 is 5.97 Å². The molecule has 1 spiro atoms. The highest BCUT2D eigenvalue weighted by Crippen LogP contribution is 2.37. The number of carboxylic acid groups (broad SMARTS) is 1. The summed E-state index contributed by atoms with van der Waals surface area (Å²) >= 11 is 0. The highest BCUT2D eigenvalue weighted by Gasteiger charge is 2.48. The van der Waals surface area contributed by atoms with E-state index >= 15 is 0 Å². The third kappa shape index (κ3) is 1.84. The predicted octanol–water partition coefficient (Wildman–Crippen LogP) is 0.183. The molecule has 0 amide bonds. The first kappa shape index (κ1) is 8.97. The number of rotatable bonds is 4. The van der Waals surface area contributed by atoms with Crippen LogP contribution in [0.25, 0.3) is 0 Å². The molecule has 0 aromatic rings. The summed E-state index contributed by atoms with van der Waals surface area (Å²) < 4.78 is 5.15. The summed E-state index contributed by atoms with van der Waals surface area (Å²) in [6.07, 6.45) is 1.06. The van der Waals surface area contributed by atoms with Gasteiger partial charge in [-0.05, 0) is 13.0 Å². The molecule has 0 bridgehead atoms. The van der Waals surface area contributed by atoms with Crippen LogP contribution in [0, 0.1) is 5.41 Å². The highest BCUT2D eigenvalue weighted by atomic mass is 16.5. The molecule has 2 rings (SSSR count). The van der Waals surface area contributed by atoms with Crippen molar-refractivity contribution in [1.82, 2.24) is 4.90 Å². The normalized spacial score (nSPS) is 25.2. The van der Waals surface area contributed by atoms with Gasteiger partial charge in [0, 0.05) is 24.9 Å². The first-order valence-electron chi connectivity index (χ1n) is 4.72. The van der Waals surface area contributed by atoms with Crippen LogP contribution in [0.2, 0.25) is 0 Å². The molecule has 0 radical (unpaired) electrons. The number of carboxylic acids is 1. The third-order valence-electron chi connectivity index (χ3n) is 2.80. The van der Waals surface area contributed by atoms with Crippen molar-refractivity contribution in [2.24, 2.45) is 5.41 Å². The lowest BCUT2D eigenvalue weighted by Crippen LogP contribution is -2.65. The van der Waals surface area contributed by atoms with Crippen LogP contribution in [0.3, 0.4) is 0 Å². The first-order valence-corrected chi connectivity index (χ1v) is 4.72. The predicted molar refractivity (Wildman–Crippen MR) is 46.6 cm³/mol. The number of hydrogen-bond donors (Lipinski definition) is 1. The van der Waals surface area contributed by atoms with Crippen LogP contribution in [-0.2, 0) is 9.53 Å².